The van der Waals surface area contributed by atoms with Gasteiger partial charge in [-0.2, -0.15) is 8.42 Å². The van der Waals surface area contributed by atoms with Crippen LogP contribution in [0, 0.1) is 0 Å². The second kappa shape index (κ2) is 3.48. The lowest BCUT2D eigenvalue weighted by molar-refractivity contribution is 0.0457. The molecular formula is C5H11NO4S. The third-order valence-electron chi connectivity index (χ3n) is 1.45. The van der Waals surface area contributed by atoms with Crippen molar-refractivity contribution in [3.05, 3.63) is 0 Å². The van der Waals surface area contributed by atoms with Crippen LogP contribution in [0.1, 0.15) is 0 Å². The van der Waals surface area contributed by atoms with Crippen LogP contribution >= 0.6 is 0 Å². The van der Waals surface area contributed by atoms with E-state index >= 15 is 0 Å². The van der Waals surface area contributed by atoms with Crippen molar-refractivity contribution < 1.29 is 17.7 Å². The third kappa shape index (κ3) is 3.66. The predicted octanol–water partition coefficient (Wildman–Crippen LogP) is -0.836. The summed E-state index contributed by atoms with van der Waals surface area (Å²) in [6.45, 7) is 2.21. The van der Waals surface area contributed by atoms with Gasteiger partial charge in [0, 0.05) is 13.1 Å². The third-order valence-corrected chi connectivity index (χ3v) is 2.14. The normalized spacial score (nSPS) is 21.9. The van der Waals surface area contributed by atoms with Crippen LogP contribution in [0.4, 0.5) is 0 Å². The number of hydrogen-bond donors (Lipinski definition) is 1. The van der Waals surface area contributed by atoms with Gasteiger partial charge in [-0.1, -0.05) is 0 Å². The standard InChI is InChI=1S/C5H11NO4S/c7-11(8,9)5-6-1-3-10-4-2-6/h1-5H2,(H,7,8,9). The minimum Gasteiger partial charge on any atom is -0.379 e. The Bertz CT molecular complexity index is 207. The van der Waals surface area contributed by atoms with Crippen LogP contribution in [-0.2, 0) is 14.9 Å². The lowest BCUT2D eigenvalue weighted by Crippen LogP contribution is -2.39. The van der Waals surface area contributed by atoms with Gasteiger partial charge >= 0.3 is 0 Å². The molecular weight excluding hydrogens is 170 g/mol. The highest BCUT2D eigenvalue weighted by Gasteiger charge is 2.15. The van der Waals surface area contributed by atoms with Crippen molar-refractivity contribution in [3.8, 4) is 0 Å². The number of ether oxygens (including phenoxy) is 1. The van der Waals surface area contributed by atoms with Crippen molar-refractivity contribution in [1.29, 1.82) is 0 Å². The summed E-state index contributed by atoms with van der Waals surface area (Å²) in [5.74, 6) is -0.281. The highest BCUT2D eigenvalue weighted by Crippen LogP contribution is 1.98. The first kappa shape index (κ1) is 8.92. The molecule has 0 unspecified atom stereocenters. The molecule has 0 aliphatic carbocycles. The van der Waals surface area contributed by atoms with E-state index in [4.69, 9.17) is 9.29 Å². The molecule has 0 amide bonds. The molecule has 66 valence electrons. The van der Waals surface area contributed by atoms with Crippen molar-refractivity contribution in [2.24, 2.45) is 0 Å². The Morgan fingerprint density at radius 1 is 1.36 bits per heavy atom. The van der Waals surface area contributed by atoms with E-state index in [-0.39, 0.29) is 5.88 Å². The summed E-state index contributed by atoms with van der Waals surface area (Å²) >= 11 is 0. The molecule has 0 aromatic heterocycles. The maximum Gasteiger partial charge on any atom is 0.278 e. The molecule has 0 aromatic carbocycles. The van der Waals surface area contributed by atoms with Gasteiger partial charge in [0.1, 0.15) is 5.88 Å². The molecule has 0 spiro atoms. The fourth-order valence-electron chi connectivity index (χ4n) is 0.961. The number of hydrogen-bond acceptors (Lipinski definition) is 4. The van der Waals surface area contributed by atoms with Crippen molar-refractivity contribution in [2.45, 2.75) is 0 Å². The quantitative estimate of drug-likeness (QED) is 0.563. The molecule has 1 saturated heterocycles. The molecule has 5 nitrogen and oxygen atoms in total. The molecule has 1 fully saturated rings. The zero-order valence-electron chi connectivity index (χ0n) is 6.06. The monoisotopic (exact) mass is 181 g/mol. The first-order valence-corrected chi connectivity index (χ1v) is 4.94. The van der Waals surface area contributed by atoms with E-state index in [1.165, 1.54) is 0 Å². The molecule has 6 heteroatoms. The number of morpholine rings is 1. The lowest BCUT2D eigenvalue weighted by Gasteiger charge is -2.24. The number of nitrogens with zero attached hydrogens (tertiary/aromatic N) is 1. The molecule has 11 heavy (non-hydrogen) atoms. The first-order valence-electron chi connectivity index (χ1n) is 3.33. The molecule has 1 heterocycles. The highest BCUT2D eigenvalue weighted by molar-refractivity contribution is 7.85. The summed E-state index contributed by atoms with van der Waals surface area (Å²) in [4.78, 5) is 1.64. The van der Waals surface area contributed by atoms with Crippen LogP contribution in [-0.4, -0.2) is 50.1 Å². The summed E-state index contributed by atoms with van der Waals surface area (Å²) in [7, 11) is -3.85. The molecule has 1 aliphatic heterocycles. The Hall–Kier alpha value is -0.170. The summed E-state index contributed by atoms with van der Waals surface area (Å²) in [5, 5.41) is 0. The van der Waals surface area contributed by atoms with Gasteiger partial charge in [0.15, 0.2) is 0 Å². The van der Waals surface area contributed by atoms with E-state index in [0.717, 1.165) is 0 Å². The minimum absolute atomic E-state index is 0.281. The van der Waals surface area contributed by atoms with Gasteiger partial charge in [-0.3, -0.25) is 9.45 Å². The summed E-state index contributed by atoms with van der Waals surface area (Å²) < 4.78 is 34.2. The van der Waals surface area contributed by atoms with Crippen molar-refractivity contribution in [1.82, 2.24) is 4.90 Å². The van der Waals surface area contributed by atoms with Crippen molar-refractivity contribution >= 4 is 10.1 Å². The van der Waals surface area contributed by atoms with Gasteiger partial charge < -0.3 is 4.74 Å². The molecule has 1 N–H and O–H groups in total. The zero-order valence-corrected chi connectivity index (χ0v) is 6.88. The zero-order chi connectivity index (χ0) is 8.32. The Labute approximate surface area is 65.7 Å². The summed E-state index contributed by atoms with van der Waals surface area (Å²) in [6, 6.07) is 0. The SMILES string of the molecule is O=S(=O)(O)CN1CCOCC1. The fourth-order valence-corrected chi connectivity index (χ4v) is 1.68. The maximum absolute atomic E-state index is 10.4. The van der Waals surface area contributed by atoms with E-state index in [1.54, 1.807) is 4.90 Å². The minimum atomic E-state index is -3.85. The van der Waals surface area contributed by atoms with Crippen molar-refractivity contribution in [3.63, 3.8) is 0 Å². The van der Waals surface area contributed by atoms with Gasteiger partial charge in [-0.15, -0.1) is 0 Å². The predicted molar refractivity (Wildman–Crippen MR) is 38.8 cm³/mol. The topological polar surface area (TPSA) is 66.8 Å². The molecule has 0 bridgehead atoms. The van der Waals surface area contributed by atoms with E-state index in [0.29, 0.717) is 26.3 Å². The molecule has 0 saturated carbocycles. The maximum atomic E-state index is 10.4. The van der Waals surface area contributed by atoms with Crippen LogP contribution in [0.3, 0.4) is 0 Å². The Kier molecular flexibility index (Phi) is 2.83. The van der Waals surface area contributed by atoms with Gasteiger partial charge in [-0.05, 0) is 0 Å². The Morgan fingerprint density at radius 3 is 2.36 bits per heavy atom. The summed E-state index contributed by atoms with van der Waals surface area (Å²) in [6.07, 6.45) is 0. The first-order chi connectivity index (χ1) is 5.08. The van der Waals surface area contributed by atoms with E-state index in [9.17, 15) is 8.42 Å². The molecule has 1 aliphatic rings. The van der Waals surface area contributed by atoms with Gasteiger partial charge in [0.2, 0.25) is 0 Å². The van der Waals surface area contributed by atoms with Crippen LogP contribution in [0.25, 0.3) is 0 Å². The average molecular weight is 181 g/mol. The number of rotatable bonds is 2. The second-order valence-corrected chi connectivity index (χ2v) is 3.86. The van der Waals surface area contributed by atoms with Crippen molar-refractivity contribution in [2.75, 3.05) is 32.2 Å². The van der Waals surface area contributed by atoms with Crippen LogP contribution in [0.5, 0.6) is 0 Å². The highest BCUT2D eigenvalue weighted by atomic mass is 32.2. The second-order valence-electron chi connectivity index (χ2n) is 2.44. The molecule has 0 aromatic rings. The van der Waals surface area contributed by atoms with E-state index in [1.807, 2.05) is 0 Å². The van der Waals surface area contributed by atoms with E-state index < -0.39 is 10.1 Å². The van der Waals surface area contributed by atoms with Crippen LogP contribution < -0.4 is 0 Å². The van der Waals surface area contributed by atoms with E-state index in [2.05, 4.69) is 0 Å². The van der Waals surface area contributed by atoms with Gasteiger partial charge in [-0.25, -0.2) is 0 Å². The molecule has 0 radical (unpaired) electrons. The summed E-state index contributed by atoms with van der Waals surface area (Å²) in [5.41, 5.74) is 0. The van der Waals surface area contributed by atoms with Crippen LogP contribution in [0.2, 0.25) is 0 Å². The molecule has 1 rings (SSSR count). The molecule has 0 atom stereocenters. The Balaban J connectivity index is 2.36. The van der Waals surface area contributed by atoms with Gasteiger partial charge in [0.25, 0.3) is 10.1 Å². The Morgan fingerprint density at radius 2 is 1.91 bits per heavy atom. The van der Waals surface area contributed by atoms with Gasteiger partial charge in [0.05, 0.1) is 13.2 Å². The smallest absolute Gasteiger partial charge is 0.278 e. The largest absolute Gasteiger partial charge is 0.379 e. The average Bonchev–Trinajstić information content (AvgIpc) is 1.85. The lowest BCUT2D eigenvalue weighted by atomic mass is 10.5. The fraction of sp³-hybridized carbons (Fsp3) is 1.00. The van der Waals surface area contributed by atoms with Crippen LogP contribution in [0.15, 0.2) is 0 Å².